The Morgan fingerprint density at radius 2 is 1.74 bits per heavy atom. The van der Waals surface area contributed by atoms with Crippen LogP contribution < -0.4 is 0 Å². The van der Waals surface area contributed by atoms with Crippen molar-refractivity contribution in [2.75, 3.05) is 25.5 Å². The van der Waals surface area contributed by atoms with Gasteiger partial charge < -0.3 is 4.90 Å². The standard InChI is InChI=1S/C20H32ClNS/c1-15(11-22-12-16(2)23-17(3)13-22)10-18-6-8-19(9-7-18)20(4,5)14-21/h6-9,15-17H,10-14H2,1-5H3. The summed E-state index contributed by atoms with van der Waals surface area (Å²) in [5.74, 6) is 1.36. The number of nitrogens with zero attached hydrogens (tertiary/aromatic N) is 1. The van der Waals surface area contributed by atoms with Crippen molar-refractivity contribution in [2.45, 2.75) is 57.0 Å². The molecule has 3 unspecified atom stereocenters. The Morgan fingerprint density at radius 3 is 2.26 bits per heavy atom. The van der Waals surface area contributed by atoms with Crippen LogP contribution >= 0.6 is 23.4 Å². The van der Waals surface area contributed by atoms with Crippen LogP contribution in [0, 0.1) is 5.92 Å². The molecule has 0 aliphatic carbocycles. The minimum atomic E-state index is 0.0590. The molecule has 2 rings (SSSR count). The van der Waals surface area contributed by atoms with Gasteiger partial charge in [0, 0.05) is 41.4 Å². The quantitative estimate of drug-likeness (QED) is 0.646. The van der Waals surface area contributed by atoms with Crippen LogP contribution in [0.2, 0.25) is 0 Å². The lowest BCUT2D eigenvalue weighted by atomic mass is 9.86. The topological polar surface area (TPSA) is 3.24 Å². The summed E-state index contributed by atoms with van der Waals surface area (Å²) >= 11 is 8.21. The molecule has 0 saturated carbocycles. The Balaban J connectivity index is 1.89. The van der Waals surface area contributed by atoms with E-state index in [1.807, 2.05) is 0 Å². The predicted octanol–water partition coefficient (Wildman–Crippen LogP) is 5.21. The van der Waals surface area contributed by atoms with Gasteiger partial charge in [-0.1, -0.05) is 58.9 Å². The molecule has 1 aromatic rings. The van der Waals surface area contributed by atoms with Crippen molar-refractivity contribution < 1.29 is 0 Å². The monoisotopic (exact) mass is 353 g/mol. The zero-order valence-corrected chi connectivity index (χ0v) is 16.9. The molecule has 0 spiro atoms. The molecule has 1 heterocycles. The van der Waals surface area contributed by atoms with Gasteiger partial charge in [-0.15, -0.1) is 11.6 Å². The summed E-state index contributed by atoms with van der Waals surface area (Å²) in [7, 11) is 0. The Labute approximate surface area is 152 Å². The van der Waals surface area contributed by atoms with Crippen molar-refractivity contribution in [3.8, 4) is 0 Å². The first-order valence-corrected chi connectivity index (χ1v) is 10.3. The van der Waals surface area contributed by atoms with Crippen LogP contribution in [0.25, 0.3) is 0 Å². The van der Waals surface area contributed by atoms with E-state index in [1.54, 1.807) is 0 Å². The van der Waals surface area contributed by atoms with E-state index in [2.05, 4.69) is 75.5 Å². The van der Waals surface area contributed by atoms with Gasteiger partial charge in [-0.05, 0) is 23.5 Å². The first kappa shape index (κ1) is 19.1. The van der Waals surface area contributed by atoms with Gasteiger partial charge in [-0.3, -0.25) is 0 Å². The maximum absolute atomic E-state index is 6.08. The fraction of sp³-hybridized carbons (Fsp3) is 0.700. The van der Waals surface area contributed by atoms with Gasteiger partial charge in [-0.25, -0.2) is 0 Å². The van der Waals surface area contributed by atoms with Gasteiger partial charge >= 0.3 is 0 Å². The lowest BCUT2D eigenvalue weighted by Gasteiger charge is -2.36. The van der Waals surface area contributed by atoms with Crippen LogP contribution in [0.1, 0.15) is 45.7 Å². The first-order chi connectivity index (χ1) is 10.8. The highest BCUT2D eigenvalue weighted by atomic mass is 35.5. The van der Waals surface area contributed by atoms with E-state index in [-0.39, 0.29) is 5.41 Å². The minimum Gasteiger partial charge on any atom is -0.301 e. The average Bonchev–Trinajstić information content (AvgIpc) is 2.46. The molecule has 23 heavy (non-hydrogen) atoms. The van der Waals surface area contributed by atoms with Gasteiger partial charge in [0.05, 0.1) is 0 Å². The predicted molar refractivity (Wildman–Crippen MR) is 106 cm³/mol. The molecule has 0 amide bonds. The van der Waals surface area contributed by atoms with E-state index in [0.717, 1.165) is 16.9 Å². The molecule has 0 radical (unpaired) electrons. The molecule has 1 fully saturated rings. The number of halogens is 1. The number of hydrogen-bond donors (Lipinski definition) is 0. The molecule has 0 bridgehead atoms. The number of alkyl halides is 1. The summed E-state index contributed by atoms with van der Waals surface area (Å²) in [6.07, 6.45) is 1.16. The lowest BCUT2D eigenvalue weighted by molar-refractivity contribution is 0.234. The number of rotatable bonds is 6. The number of benzene rings is 1. The van der Waals surface area contributed by atoms with Crippen LogP contribution in [0.15, 0.2) is 24.3 Å². The zero-order valence-electron chi connectivity index (χ0n) is 15.3. The molecule has 0 N–H and O–H groups in total. The van der Waals surface area contributed by atoms with E-state index >= 15 is 0 Å². The van der Waals surface area contributed by atoms with Crippen molar-refractivity contribution in [1.82, 2.24) is 4.90 Å². The summed E-state index contributed by atoms with van der Waals surface area (Å²) < 4.78 is 0. The molecule has 3 heteroatoms. The van der Waals surface area contributed by atoms with E-state index < -0.39 is 0 Å². The largest absolute Gasteiger partial charge is 0.301 e. The van der Waals surface area contributed by atoms with Crippen LogP contribution in [0.5, 0.6) is 0 Å². The highest BCUT2D eigenvalue weighted by molar-refractivity contribution is 8.00. The lowest BCUT2D eigenvalue weighted by Crippen LogP contribution is -2.42. The fourth-order valence-electron chi connectivity index (χ4n) is 3.51. The maximum Gasteiger partial charge on any atom is 0.0315 e. The van der Waals surface area contributed by atoms with Crippen LogP contribution in [-0.4, -0.2) is 40.9 Å². The Kier molecular flexibility index (Phi) is 6.88. The van der Waals surface area contributed by atoms with E-state index in [4.69, 9.17) is 11.6 Å². The molecular formula is C20H32ClNS. The third-order valence-corrected chi connectivity index (χ3v) is 6.61. The van der Waals surface area contributed by atoms with Gasteiger partial charge in [0.2, 0.25) is 0 Å². The summed E-state index contributed by atoms with van der Waals surface area (Å²) in [6, 6.07) is 9.09. The molecule has 1 nitrogen and oxygen atoms in total. The first-order valence-electron chi connectivity index (χ1n) is 8.83. The SMILES string of the molecule is CC(Cc1ccc(C(C)(C)CCl)cc1)CN1CC(C)SC(C)C1. The second kappa shape index (κ2) is 8.27. The normalized spacial score (nSPS) is 24.6. The van der Waals surface area contributed by atoms with Crippen molar-refractivity contribution >= 4 is 23.4 Å². The highest BCUT2D eigenvalue weighted by Crippen LogP contribution is 2.27. The van der Waals surface area contributed by atoms with Crippen LogP contribution in [-0.2, 0) is 11.8 Å². The van der Waals surface area contributed by atoms with Gasteiger partial charge in [-0.2, -0.15) is 11.8 Å². The maximum atomic E-state index is 6.08. The third kappa shape index (κ3) is 5.69. The summed E-state index contributed by atoms with van der Waals surface area (Å²) in [5.41, 5.74) is 2.84. The molecule has 130 valence electrons. The van der Waals surface area contributed by atoms with E-state index in [0.29, 0.717) is 11.8 Å². The average molecular weight is 354 g/mol. The van der Waals surface area contributed by atoms with Crippen molar-refractivity contribution in [3.63, 3.8) is 0 Å². The van der Waals surface area contributed by atoms with Crippen LogP contribution in [0.4, 0.5) is 0 Å². The van der Waals surface area contributed by atoms with Gasteiger partial charge in [0.1, 0.15) is 0 Å². The summed E-state index contributed by atoms with van der Waals surface area (Å²) in [4.78, 5) is 2.65. The molecule has 1 aliphatic heterocycles. The minimum absolute atomic E-state index is 0.0590. The smallest absolute Gasteiger partial charge is 0.0315 e. The molecule has 1 aromatic carbocycles. The Hall–Kier alpha value is -0.180. The van der Waals surface area contributed by atoms with E-state index in [1.165, 1.54) is 30.8 Å². The second-order valence-corrected chi connectivity index (χ2v) is 10.1. The molecule has 1 saturated heterocycles. The highest BCUT2D eigenvalue weighted by Gasteiger charge is 2.23. The molecule has 1 aliphatic rings. The second-order valence-electron chi connectivity index (χ2n) is 8.00. The number of hydrogen-bond acceptors (Lipinski definition) is 2. The van der Waals surface area contributed by atoms with Crippen molar-refractivity contribution in [1.29, 1.82) is 0 Å². The zero-order chi connectivity index (χ0) is 17.0. The number of thioether (sulfide) groups is 1. The van der Waals surface area contributed by atoms with E-state index in [9.17, 15) is 0 Å². The van der Waals surface area contributed by atoms with Gasteiger partial charge in [0.25, 0.3) is 0 Å². The van der Waals surface area contributed by atoms with Crippen LogP contribution in [0.3, 0.4) is 0 Å². The summed E-state index contributed by atoms with van der Waals surface area (Å²) in [6.45, 7) is 15.2. The third-order valence-electron chi connectivity index (χ3n) is 4.72. The Bertz CT molecular complexity index is 475. The molecule has 0 aromatic heterocycles. The Morgan fingerprint density at radius 1 is 1.17 bits per heavy atom. The fourth-order valence-corrected chi connectivity index (χ4v) is 5.05. The van der Waals surface area contributed by atoms with Crippen molar-refractivity contribution in [3.05, 3.63) is 35.4 Å². The summed E-state index contributed by atoms with van der Waals surface area (Å²) in [5, 5.41) is 1.53. The molecule has 3 atom stereocenters. The molecular weight excluding hydrogens is 322 g/mol. The van der Waals surface area contributed by atoms with Gasteiger partial charge in [0.15, 0.2) is 0 Å². The van der Waals surface area contributed by atoms with Crippen molar-refractivity contribution in [2.24, 2.45) is 5.92 Å².